The van der Waals surface area contributed by atoms with E-state index >= 15 is 0 Å². The third-order valence-corrected chi connectivity index (χ3v) is 4.44. The zero-order chi connectivity index (χ0) is 16.1. The van der Waals surface area contributed by atoms with Gasteiger partial charge in [-0.2, -0.15) is 0 Å². The third kappa shape index (κ3) is 4.00. The van der Waals surface area contributed by atoms with Crippen LogP contribution in [0.1, 0.15) is 12.8 Å². The summed E-state index contributed by atoms with van der Waals surface area (Å²) in [6, 6.07) is 15.4. The van der Waals surface area contributed by atoms with Crippen LogP contribution >= 0.6 is 0 Å². The van der Waals surface area contributed by atoms with E-state index in [1.165, 1.54) is 18.5 Å². The molecule has 3 N–H and O–H groups in total. The number of nitrogens with two attached hydrogens (primary N) is 1. The number of nitrogen functional groups attached to an aromatic ring is 1. The Morgan fingerprint density at radius 1 is 1.04 bits per heavy atom. The average Bonchev–Trinajstić information content (AvgIpc) is 2.61. The van der Waals surface area contributed by atoms with Gasteiger partial charge < -0.3 is 16.0 Å². The maximum atomic E-state index is 10.4. The van der Waals surface area contributed by atoms with Crippen LogP contribution in [0.15, 0.2) is 53.7 Å². The van der Waals surface area contributed by atoms with E-state index in [1.54, 1.807) is 12.1 Å². The molecular weight excluding hydrogens is 288 g/mol. The number of benzene rings is 2. The van der Waals surface area contributed by atoms with Gasteiger partial charge in [-0.25, -0.2) is 0 Å². The minimum atomic E-state index is 0.465. The van der Waals surface area contributed by atoms with E-state index in [1.807, 2.05) is 24.3 Å². The van der Waals surface area contributed by atoms with Crippen LogP contribution in [-0.4, -0.2) is 19.6 Å². The molecule has 0 spiro atoms. The Morgan fingerprint density at radius 2 is 1.70 bits per heavy atom. The van der Waals surface area contributed by atoms with Gasteiger partial charge in [-0.3, -0.25) is 0 Å². The Morgan fingerprint density at radius 3 is 2.30 bits per heavy atom. The summed E-state index contributed by atoms with van der Waals surface area (Å²) in [7, 11) is 0. The Balaban J connectivity index is 1.47. The molecule has 3 rings (SSSR count). The minimum absolute atomic E-state index is 0.465. The van der Waals surface area contributed by atoms with E-state index in [2.05, 4.69) is 27.5 Å². The number of piperidine rings is 1. The zero-order valence-electron chi connectivity index (χ0n) is 13.1. The smallest absolute Gasteiger partial charge is 0.108 e. The summed E-state index contributed by atoms with van der Waals surface area (Å²) in [5.74, 6) is 0.670. The molecule has 2 aromatic carbocycles. The van der Waals surface area contributed by atoms with Gasteiger partial charge in [0.1, 0.15) is 5.69 Å². The molecule has 0 aliphatic carbocycles. The zero-order valence-corrected chi connectivity index (χ0v) is 13.1. The van der Waals surface area contributed by atoms with Crippen LogP contribution in [0.25, 0.3) is 0 Å². The van der Waals surface area contributed by atoms with E-state index < -0.39 is 0 Å². The van der Waals surface area contributed by atoms with Crippen molar-refractivity contribution >= 4 is 22.7 Å². The largest absolute Gasteiger partial charge is 0.399 e. The van der Waals surface area contributed by atoms with Gasteiger partial charge in [0.25, 0.3) is 0 Å². The first kappa shape index (κ1) is 15.3. The molecule has 5 nitrogen and oxygen atoms in total. The maximum absolute atomic E-state index is 10.4. The van der Waals surface area contributed by atoms with Crippen LogP contribution in [0.5, 0.6) is 0 Å². The van der Waals surface area contributed by atoms with Crippen molar-refractivity contribution in [1.29, 1.82) is 0 Å². The monoisotopic (exact) mass is 310 g/mol. The van der Waals surface area contributed by atoms with E-state index in [0.29, 0.717) is 11.6 Å². The van der Waals surface area contributed by atoms with Crippen LogP contribution in [0, 0.1) is 10.8 Å². The first-order valence-electron chi connectivity index (χ1n) is 8.02. The molecule has 1 fully saturated rings. The lowest BCUT2D eigenvalue weighted by atomic mass is 9.96. The molecule has 1 heterocycles. The van der Waals surface area contributed by atoms with Gasteiger partial charge in [-0.05, 0) is 72.5 Å². The number of nitrogens with one attached hydrogen (secondary N) is 1. The lowest BCUT2D eigenvalue weighted by Gasteiger charge is -2.34. The molecule has 0 amide bonds. The molecule has 5 heteroatoms. The third-order valence-electron chi connectivity index (χ3n) is 4.44. The summed E-state index contributed by atoms with van der Waals surface area (Å²) >= 11 is 0. The molecule has 120 valence electrons. The van der Waals surface area contributed by atoms with Crippen molar-refractivity contribution in [3.63, 3.8) is 0 Å². The van der Waals surface area contributed by atoms with Crippen LogP contribution in [0.4, 0.5) is 22.7 Å². The fourth-order valence-corrected chi connectivity index (χ4v) is 2.98. The predicted octanol–water partition coefficient (Wildman–Crippen LogP) is 4.00. The van der Waals surface area contributed by atoms with Crippen molar-refractivity contribution in [1.82, 2.24) is 0 Å². The maximum Gasteiger partial charge on any atom is 0.108 e. The Kier molecular flexibility index (Phi) is 4.76. The highest BCUT2D eigenvalue weighted by molar-refractivity contribution is 5.53. The predicted molar refractivity (Wildman–Crippen MR) is 96.2 cm³/mol. The summed E-state index contributed by atoms with van der Waals surface area (Å²) in [4.78, 5) is 12.8. The fraction of sp³-hybridized carbons (Fsp3) is 0.333. The van der Waals surface area contributed by atoms with Gasteiger partial charge in [0.05, 0.1) is 0 Å². The molecular formula is C18H22N4O. The van der Waals surface area contributed by atoms with Crippen molar-refractivity contribution in [2.45, 2.75) is 12.8 Å². The molecule has 1 saturated heterocycles. The molecule has 0 aromatic heterocycles. The van der Waals surface area contributed by atoms with Gasteiger partial charge in [-0.15, -0.1) is 4.91 Å². The molecule has 0 radical (unpaired) electrons. The minimum Gasteiger partial charge on any atom is -0.399 e. The van der Waals surface area contributed by atoms with E-state index in [-0.39, 0.29) is 0 Å². The molecule has 23 heavy (non-hydrogen) atoms. The number of rotatable bonds is 5. The Hall–Kier alpha value is -2.56. The van der Waals surface area contributed by atoms with Gasteiger partial charge in [-0.1, -0.05) is 0 Å². The molecule has 0 unspecified atom stereocenters. The van der Waals surface area contributed by atoms with Crippen molar-refractivity contribution in [3.8, 4) is 0 Å². The first-order chi connectivity index (χ1) is 11.2. The topological polar surface area (TPSA) is 70.7 Å². The highest BCUT2D eigenvalue weighted by Gasteiger charge is 2.19. The van der Waals surface area contributed by atoms with Crippen molar-refractivity contribution in [2.75, 3.05) is 35.6 Å². The molecule has 0 atom stereocenters. The highest BCUT2D eigenvalue weighted by atomic mass is 16.3. The quantitative estimate of drug-likeness (QED) is 0.647. The Bertz CT molecular complexity index is 631. The fourth-order valence-electron chi connectivity index (χ4n) is 2.98. The molecule has 1 aliphatic heterocycles. The Labute approximate surface area is 136 Å². The van der Waals surface area contributed by atoms with E-state index in [0.717, 1.165) is 31.0 Å². The summed E-state index contributed by atoms with van der Waals surface area (Å²) in [6.45, 7) is 3.11. The number of nitrogens with zero attached hydrogens (tertiary/aromatic N) is 2. The second kappa shape index (κ2) is 7.13. The van der Waals surface area contributed by atoms with Gasteiger partial charge in [0.15, 0.2) is 0 Å². The highest BCUT2D eigenvalue weighted by Crippen LogP contribution is 2.24. The van der Waals surface area contributed by atoms with E-state index in [9.17, 15) is 4.91 Å². The number of hydrogen-bond acceptors (Lipinski definition) is 5. The van der Waals surface area contributed by atoms with Crippen LogP contribution in [-0.2, 0) is 0 Å². The normalized spacial score (nSPS) is 15.4. The molecule has 0 bridgehead atoms. The second-order valence-corrected chi connectivity index (χ2v) is 6.04. The lowest BCUT2D eigenvalue weighted by molar-refractivity contribution is 0.423. The van der Waals surface area contributed by atoms with Crippen molar-refractivity contribution in [3.05, 3.63) is 53.4 Å². The van der Waals surface area contributed by atoms with Crippen LogP contribution in [0.3, 0.4) is 0 Å². The summed E-state index contributed by atoms with van der Waals surface area (Å²) in [5.41, 5.74) is 9.31. The van der Waals surface area contributed by atoms with Crippen LogP contribution < -0.4 is 16.0 Å². The molecule has 0 saturated carbocycles. The SMILES string of the molecule is Nc1ccc(N2CCC(CNc3ccc(N=O)cc3)CC2)cc1. The number of hydrogen-bond donors (Lipinski definition) is 2. The van der Waals surface area contributed by atoms with E-state index in [4.69, 9.17) is 5.73 Å². The summed E-state index contributed by atoms with van der Waals surface area (Å²) in [6.07, 6.45) is 2.34. The average molecular weight is 310 g/mol. The first-order valence-corrected chi connectivity index (χ1v) is 8.02. The van der Waals surface area contributed by atoms with Gasteiger partial charge >= 0.3 is 0 Å². The standard InChI is InChI=1S/C18H22N4O/c19-15-1-7-18(8-2-15)22-11-9-14(10-12-22)13-20-16-3-5-17(21-23)6-4-16/h1-8,14,20H,9-13,19H2. The number of anilines is 3. The summed E-state index contributed by atoms with van der Waals surface area (Å²) < 4.78 is 0. The molecule has 1 aliphatic rings. The molecule has 2 aromatic rings. The van der Waals surface area contributed by atoms with Gasteiger partial charge in [0, 0.05) is 36.7 Å². The summed E-state index contributed by atoms with van der Waals surface area (Å²) in [5, 5.41) is 6.36. The lowest BCUT2D eigenvalue weighted by Crippen LogP contribution is -2.35. The van der Waals surface area contributed by atoms with Gasteiger partial charge in [0.2, 0.25) is 0 Å². The number of nitroso groups, excluding NO2 is 1. The van der Waals surface area contributed by atoms with Crippen molar-refractivity contribution in [2.24, 2.45) is 11.1 Å². The van der Waals surface area contributed by atoms with Crippen LogP contribution in [0.2, 0.25) is 0 Å². The second-order valence-electron chi connectivity index (χ2n) is 6.04. The van der Waals surface area contributed by atoms with Crippen molar-refractivity contribution < 1.29 is 0 Å².